The van der Waals surface area contributed by atoms with Crippen molar-refractivity contribution in [2.45, 2.75) is 51.0 Å². The molecule has 1 aliphatic carbocycles. The fourth-order valence-electron chi connectivity index (χ4n) is 4.15. The maximum Gasteiger partial charge on any atom is 0.140 e. The second-order valence-corrected chi connectivity index (χ2v) is 8.43. The molecular weight excluding hydrogens is 352 g/mol. The van der Waals surface area contributed by atoms with E-state index in [4.69, 9.17) is 5.41 Å². The van der Waals surface area contributed by atoms with Gasteiger partial charge in [-0.2, -0.15) is 0 Å². The lowest BCUT2D eigenvalue weighted by Crippen LogP contribution is -2.33. The van der Waals surface area contributed by atoms with Gasteiger partial charge in [0, 0.05) is 28.8 Å². The van der Waals surface area contributed by atoms with Gasteiger partial charge in [0.05, 0.1) is 4.88 Å². The number of fused-ring (bicyclic) bond motifs is 1. The van der Waals surface area contributed by atoms with Crippen molar-refractivity contribution in [3.05, 3.63) is 52.3 Å². The molecule has 1 fully saturated rings. The number of rotatable bonds is 6. The summed E-state index contributed by atoms with van der Waals surface area (Å²) >= 11 is 1.58. The van der Waals surface area contributed by atoms with Gasteiger partial charge in [-0.3, -0.25) is 5.41 Å². The standard InChI is InChI=1S/C22H28N4S/c1-2-11-24-16-7-5-15(6-8-16)19-14-25-20-13-17(9-10-18(19)20)26-22(23)21-4-3-12-27-21/h3-4,9-10,12-16,24-25H,2,5-8,11H2,1H3,(H2,23,26)/t15-,16+. The Kier molecular flexibility index (Phi) is 5.60. The monoisotopic (exact) mass is 380 g/mol. The van der Waals surface area contributed by atoms with E-state index in [9.17, 15) is 0 Å². The van der Waals surface area contributed by atoms with Crippen molar-refractivity contribution in [2.24, 2.45) is 0 Å². The quantitative estimate of drug-likeness (QED) is 0.328. The van der Waals surface area contributed by atoms with Gasteiger partial charge in [0.2, 0.25) is 0 Å². The minimum absolute atomic E-state index is 0.453. The summed E-state index contributed by atoms with van der Waals surface area (Å²) in [6, 6.07) is 11.1. The summed E-state index contributed by atoms with van der Waals surface area (Å²) < 4.78 is 0. The Morgan fingerprint density at radius 3 is 2.81 bits per heavy atom. The lowest BCUT2D eigenvalue weighted by Gasteiger charge is -2.29. The van der Waals surface area contributed by atoms with Gasteiger partial charge in [-0.15, -0.1) is 11.3 Å². The molecular formula is C22H28N4S. The molecule has 0 unspecified atom stereocenters. The van der Waals surface area contributed by atoms with Crippen LogP contribution in [0.4, 0.5) is 5.69 Å². The molecule has 0 bridgehead atoms. The normalized spacial score (nSPS) is 20.0. The smallest absolute Gasteiger partial charge is 0.140 e. The third-order valence-electron chi connectivity index (χ3n) is 5.60. The van der Waals surface area contributed by atoms with E-state index in [0.717, 1.165) is 22.6 Å². The van der Waals surface area contributed by atoms with Crippen molar-refractivity contribution in [3.8, 4) is 0 Å². The molecule has 4 nitrogen and oxygen atoms in total. The van der Waals surface area contributed by atoms with Crippen molar-refractivity contribution in [1.29, 1.82) is 5.41 Å². The number of aromatic nitrogens is 1. The largest absolute Gasteiger partial charge is 0.361 e. The number of thiophene rings is 1. The molecule has 0 radical (unpaired) electrons. The summed E-state index contributed by atoms with van der Waals surface area (Å²) in [4.78, 5) is 4.41. The van der Waals surface area contributed by atoms with Crippen LogP contribution in [0.25, 0.3) is 10.9 Å². The molecule has 4 rings (SSSR count). The van der Waals surface area contributed by atoms with E-state index in [1.807, 2.05) is 17.5 Å². The molecule has 27 heavy (non-hydrogen) atoms. The van der Waals surface area contributed by atoms with Crippen LogP contribution in [0.15, 0.2) is 41.9 Å². The maximum atomic E-state index is 8.21. The molecule has 1 aromatic carbocycles. The molecule has 142 valence electrons. The number of anilines is 1. The van der Waals surface area contributed by atoms with Crippen LogP contribution in [-0.2, 0) is 0 Å². The minimum atomic E-state index is 0.453. The van der Waals surface area contributed by atoms with Crippen molar-refractivity contribution in [3.63, 3.8) is 0 Å². The molecule has 1 aliphatic rings. The van der Waals surface area contributed by atoms with Crippen LogP contribution in [0.1, 0.15) is 55.4 Å². The zero-order valence-electron chi connectivity index (χ0n) is 15.8. The Hall–Kier alpha value is -2.11. The second-order valence-electron chi connectivity index (χ2n) is 7.48. The number of aromatic amines is 1. The zero-order valence-corrected chi connectivity index (χ0v) is 16.7. The number of H-pyrrole nitrogens is 1. The van der Waals surface area contributed by atoms with Crippen molar-refractivity contribution in [1.82, 2.24) is 10.3 Å². The highest BCUT2D eigenvalue weighted by molar-refractivity contribution is 7.12. The average Bonchev–Trinajstić information content (AvgIpc) is 3.36. The first-order valence-corrected chi connectivity index (χ1v) is 10.9. The SMILES string of the molecule is CCCN[C@H]1CC[C@@H](c2c[nH]c3cc(NC(=N)c4cccs4)ccc32)CC1. The summed E-state index contributed by atoms with van der Waals surface area (Å²) in [5.41, 5.74) is 3.57. The molecule has 5 heteroatoms. The number of benzene rings is 1. The summed E-state index contributed by atoms with van der Waals surface area (Å²) in [7, 11) is 0. The van der Waals surface area contributed by atoms with Gasteiger partial charge in [-0.25, -0.2) is 0 Å². The minimum Gasteiger partial charge on any atom is -0.361 e. The molecule has 0 atom stereocenters. The lowest BCUT2D eigenvalue weighted by atomic mass is 9.81. The van der Waals surface area contributed by atoms with Crippen molar-refractivity contribution in [2.75, 3.05) is 11.9 Å². The van der Waals surface area contributed by atoms with Gasteiger partial charge in [0.15, 0.2) is 0 Å². The predicted octanol–water partition coefficient (Wildman–Crippen LogP) is 5.69. The Morgan fingerprint density at radius 1 is 1.22 bits per heavy atom. The summed E-state index contributed by atoms with van der Waals surface area (Å²) in [5, 5.41) is 18.4. The van der Waals surface area contributed by atoms with Crippen molar-refractivity contribution < 1.29 is 0 Å². The predicted molar refractivity (Wildman–Crippen MR) is 116 cm³/mol. The number of hydrogen-bond acceptors (Lipinski definition) is 3. The lowest BCUT2D eigenvalue weighted by molar-refractivity contribution is 0.344. The third kappa shape index (κ3) is 4.09. The molecule has 3 aromatic rings. The zero-order chi connectivity index (χ0) is 18.6. The maximum absolute atomic E-state index is 8.21. The van der Waals surface area contributed by atoms with Gasteiger partial charge in [-0.05, 0) is 73.7 Å². The van der Waals surface area contributed by atoms with Crippen LogP contribution in [0.2, 0.25) is 0 Å². The van der Waals surface area contributed by atoms with Crippen LogP contribution in [0, 0.1) is 5.41 Å². The van der Waals surface area contributed by atoms with Gasteiger partial charge in [0.1, 0.15) is 5.84 Å². The highest BCUT2D eigenvalue weighted by Gasteiger charge is 2.23. The van der Waals surface area contributed by atoms with Crippen LogP contribution >= 0.6 is 11.3 Å². The molecule has 0 aliphatic heterocycles. The summed E-state index contributed by atoms with van der Waals surface area (Å²) in [6.07, 6.45) is 8.48. The highest BCUT2D eigenvalue weighted by Crippen LogP contribution is 2.37. The van der Waals surface area contributed by atoms with E-state index in [1.54, 1.807) is 11.3 Å². The van der Waals surface area contributed by atoms with E-state index in [-0.39, 0.29) is 0 Å². The molecule has 2 aromatic heterocycles. The van der Waals surface area contributed by atoms with Gasteiger partial charge < -0.3 is 15.6 Å². The van der Waals surface area contributed by atoms with Crippen molar-refractivity contribution >= 4 is 33.8 Å². The Morgan fingerprint density at radius 2 is 2.07 bits per heavy atom. The first kappa shape index (κ1) is 18.3. The number of nitrogens with one attached hydrogen (secondary N) is 4. The van der Waals surface area contributed by atoms with E-state index in [2.05, 4.69) is 46.9 Å². The molecule has 4 N–H and O–H groups in total. The third-order valence-corrected chi connectivity index (χ3v) is 6.49. The number of hydrogen-bond donors (Lipinski definition) is 4. The Balaban J connectivity index is 1.44. The fraction of sp³-hybridized carbons (Fsp3) is 0.409. The van der Waals surface area contributed by atoms with Crippen LogP contribution in [-0.4, -0.2) is 23.4 Å². The highest BCUT2D eigenvalue weighted by atomic mass is 32.1. The number of amidine groups is 1. The van der Waals surface area contributed by atoms with E-state index in [0.29, 0.717) is 17.8 Å². The average molecular weight is 381 g/mol. The van der Waals surface area contributed by atoms with Crippen LogP contribution < -0.4 is 10.6 Å². The van der Waals surface area contributed by atoms with Crippen LogP contribution in [0.3, 0.4) is 0 Å². The molecule has 1 saturated carbocycles. The van der Waals surface area contributed by atoms with E-state index < -0.39 is 0 Å². The Labute approximate surface area is 164 Å². The Bertz CT molecular complexity index is 888. The van der Waals surface area contributed by atoms with E-state index >= 15 is 0 Å². The second kappa shape index (κ2) is 8.28. The first-order chi connectivity index (χ1) is 13.2. The van der Waals surface area contributed by atoms with Gasteiger partial charge in [0.25, 0.3) is 0 Å². The molecule has 2 heterocycles. The molecule has 0 saturated heterocycles. The summed E-state index contributed by atoms with van der Waals surface area (Å²) in [5.74, 6) is 1.11. The first-order valence-electron chi connectivity index (χ1n) is 9.98. The van der Waals surface area contributed by atoms with Gasteiger partial charge in [-0.1, -0.05) is 19.1 Å². The summed E-state index contributed by atoms with van der Waals surface area (Å²) in [6.45, 7) is 3.37. The molecule has 0 spiro atoms. The topological polar surface area (TPSA) is 63.7 Å². The fourth-order valence-corrected chi connectivity index (χ4v) is 4.78. The van der Waals surface area contributed by atoms with Crippen LogP contribution in [0.5, 0.6) is 0 Å². The molecule has 0 amide bonds. The van der Waals surface area contributed by atoms with Gasteiger partial charge >= 0.3 is 0 Å². The van der Waals surface area contributed by atoms with E-state index in [1.165, 1.54) is 43.1 Å².